The molecule has 0 amide bonds. The van der Waals surface area contributed by atoms with Crippen molar-refractivity contribution >= 4 is 17.4 Å². The molecule has 0 bridgehead atoms. The Hall–Kier alpha value is -0.820. The van der Waals surface area contributed by atoms with Crippen LogP contribution in [-0.4, -0.2) is 5.78 Å². The van der Waals surface area contributed by atoms with Crippen molar-refractivity contribution in [2.75, 3.05) is 0 Å². The highest BCUT2D eigenvalue weighted by Gasteiger charge is 2.14. The van der Waals surface area contributed by atoms with Gasteiger partial charge in [-0.25, -0.2) is 0 Å². The fourth-order valence-electron chi connectivity index (χ4n) is 1.45. The van der Waals surface area contributed by atoms with Crippen LogP contribution in [0, 0.1) is 12.3 Å². The lowest BCUT2D eigenvalue weighted by molar-refractivity contribution is 0.0966. The Labute approximate surface area is 103 Å². The van der Waals surface area contributed by atoms with Gasteiger partial charge in [0.2, 0.25) is 0 Å². The van der Waals surface area contributed by atoms with Crippen molar-refractivity contribution < 1.29 is 4.79 Å². The zero-order chi connectivity index (χ0) is 12.3. The van der Waals surface area contributed by atoms with Crippen molar-refractivity contribution in [1.29, 1.82) is 0 Å². The highest BCUT2D eigenvalue weighted by atomic mass is 35.5. The number of ketones is 1. The number of rotatable bonds is 3. The molecular weight excluding hydrogens is 220 g/mol. The average molecular weight is 239 g/mol. The summed E-state index contributed by atoms with van der Waals surface area (Å²) in [6, 6.07) is 5.47. The van der Waals surface area contributed by atoms with Crippen molar-refractivity contribution in [2.24, 2.45) is 5.41 Å². The number of aryl methyl sites for hydroxylation is 1. The molecule has 1 aromatic rings. The summed E-state index contributed by atoms with van der Waals surface area (Å²) >= 11 is 5.92. The molecule has 0 aliphatic carbocycles. The monoisotopic (exact) mass is 238 g/mol. The van der Waals surface area contributed by atoms with Gasteiger partial charge in [0, 0.05) is 17.0 Å². The summed E-state index contributed by atoms with van der Waals surface area (Å²) in [4.78, 5) is 11.9. The molecule has 0 saturated heterocycles. The normalized spacial score (nSPS) is 11.6. The minimum absolute atomic E-state index is 0.203. The maximum atomic E-state index is 11.9. The first-order valence-electron chi connectivity index (χ1n) is 5.59. The molecule has 0 heterocycles. The van der Waals surface area contributed by atoms with E-state index in [1.165, 1.54) is 0 Å². The lowest BCUT2D eigenvalue weighted by Gasteiger charge is -2.17. The second-order valence-electron chi connectivity index (χ2n) is 5.45. The quantitative estimate of drug-likeness (QED) is 0.700. The molecule has 1 rings (SSSR count). The molecule has 1 aromatic carbocycles. The van der Waals surface area contributed by atoms with Gasteiger partial charge in [0.05, 0.1) is 0 Å². The SMILES string of the molecule is Cc1cc(C(=O)CCC(C)(C)C)ccc1Cl. The van der Waals surface area contributed by atoms with Gasteiger partial charge in [-0.05, 0) is 42.5 Å². The lowest BCUT2D eigenvalue weighted by atomic mass is 9.88. The molecule has 0 spiro atoms. The van der Waals surface area contributed by atoms with Crippen LogP contribution in [0.5, 0.6) is 0 Å². The number of carbonyl (C=O) groups excluding carboxylic acids is 1. The zero-order valence-electron chi connectivity index (χ0n) is 10.4. The second kappa shape index (κ2) is 5.01. The fraction of sp³-hybridized carbons (Fsp3) is 0.500. The fourth-order valence-corrected chi connectivity index (χ4v) is 1.57. The number of hydrogen-bond acceptors (Lipinski definition) is 1. The minimum atomic E-state index is 0.203. The summed E-state index contributed by atoms with van der Waals surface area (Å²) in [7, 11) is 0. The zero-order valence-corrected chi connectivity index (χ0v) is 11.2. The Morgan fingerprint density at radius 2 is 1.94 bits per heavy atom. The highest BCUT2D eigenvalue weighted by molar-refractivity contribution is 6.31. The molecule has 0 aliphatic heterocycles. The van der Waals surface area contributed by atoms with E-state index in [4.69, 9.17) is 11.6 Å². The summed E-state index contributed by atoms with van der Waals surface area (Å²) in [6.45, 7) is 8.36. The third-order valence-electron chi connectivity index (χ3n) is 2.58. The minimum Gasteiger partial charge on any atom is -0.294 e. The highest BCUT2D eigenvalue weighted by Crippen LogP contribution is 2.23. The molecule has 0 aromatic heterocycles. The molecular formula is C14H19ClO. The summed E-state index contributed by atoms with van der Waals surface area (Å²) in [5.74, 6) is 0.203. The maximum Gasteiger partial charge on any atom is 0.162 e. The van der Waals surface area contributed by atoms with E-state index in [-0.39, 0.29) is 11.2 Å². The molecule has 2 heteroatoms. The van der Waals surface area contributed by atoms with Gasteiger partial charge in [-0.15, -0.1) is 0 Å². The predicted octanol–water partition coefficient (Wildman–Crippen LogP) is 4.66. The van der Waals surface area contributed by atoms with E-state index >= 15 is 0 Å². The summed E-state index contributed by atoms with van der Waals surface area (Å²) in [6.07, 6.45) is 1.51. The van der Waals surface area contributed by atoms with Crippen molar-refractivity contribution in [3.63, 3.8) is 0 Å². The van der Waals surface area contributed by atoms with E-state index in [0.29, 0.717) is 11.4 Å². The Kier molecular flexibility index (Phi) is 4.15. The third-order valence-corrected chi connectivity index (χ3v) is 3.01. The maximum absolute atomic E-state index is 11.9. The number of benzene rings is 1. The van der Waals surface area contributed by atoms with Gasteiger partial charge in [0.25, 0.3) is 0 Å². The van der Waals surface area contributed by atoms with Crippen LogP contribution in [0.2, 0.25) is 5.02 Å². The Morgan fingerprint density at radius 3 is 2.44 bits per heavy atom. The van der Waals surface area contributed by atoms with Crippen LogP contribution in [0.25, 0.3) is 0 Å². The van der Waals surface area contributed by atoms with Gasteiger partial charge in [0.1, 0.15) is 0 Å². The first-order valence-corrected chi connectivity index (χ1v) is 5.97. The lowest BCUT2D eigenvalue weighted by Crippen LogP contribution is -2.09. The second-order valence-corrected chi connectivity index (χ2v) is 5.85. The first kappa shape index (κ1) is 13.2. The number of hydrogen-bond donors (Lipinski definition) is 0. The molecule has 0 atom stereocenters. The van der Waals surface area contributed by atoms with Gasteiger partial charge in [-0.2, -0.15) is 0 Å². The van der Waals surface area contributed by atoms with Gasteiger partial charge in [-0.3, -0.25) is 4.79 Å². The van der Waals surface area contributed by atoms with E-state index in [1.807, 2.05) is 13.0 Å². The van der Waals surface area contributed by atoms with Crippen molar-refractivity contribution in [3.8, 4) is 0 Å². The summed E-state index contributed by atoms with van der Waals surface area (Å²) < 4.78 is 0. The van der Waals surface area contributed by atoms with Crippen LogP contribution < -0.4 is 0 Å². The smallest absolute Gasteiger partial charge is 0.162 e. The van der Waals surface area contributed by atoms with Gasteiger partial charge >= 0.3 is 0 Å². The van der Waals surface area contributed by atoms with E-state index < -0.39 is 0 Å². The number of carbonyl (C=O) groups is 1. The van der Waals surface area contributed by atoms with E-state index in [9.17, 15) is 4.79 Å². The Balaban J connectivity index is 2.70. The average Bonchev–Trinajstić information content (AvgIpc) is 2.17. The van der Waals surface area contributed by atoms with Crippen LogP contribution in [0.15, 0.2) is 18.2 Å². The van der Waals surface area contributed by atoms with Crippen LogP contribution in [-0.2, 0) is 0 Å². The van der Waals surface area contributed by atoms with Gasteiger partial charge in [0.15, 0.2) is 5.78 Å². The third kappa shape index (κ3) is 3.97. The molecule has 0 N–H and O–H groups in total. The van der Waals surface area contributed by atoms with Crippen LogP contribution >= 0.6 is 11.6 Å². The Morgan fingerprint density at radius 1 is 1.31 bits per heavy atom. The van der Waals surface area contributed by atoms with Crippen LogP contribution in [0.1, 0.15) is 49.5 Å². The number of halogens is 1. The summed E-state index contributed by atoms with van der Waals surface area (Å²) in [5.41, 5.74) is 1.94. The van der Waals surface area contributed by atoms with Crippen LogP contribution in [0.4, 0.5) is 0 Å². The molecule has 0 fully saturated rings. The largest absolute Gasteiger partial charge is 0.294 e. The van der Waals surface area contributed by atoms with E-state index in [2.05, 4.69) is 20.8 Å². The number of Topliss-reactive ketones (excluding diaryl/α,β-unsaturated/α-hetero) is 1. The van der Waals surface area contributed by atoms with Crippen molar-refractivity contribution in [1.82, 2.24) is 0 Å². The molecule has 0 saturated carbocycles. The Bertz CT molecular complexity index is 388. The predicted molar refractivity (Wildman–Crippen MR) is 69.2 cm³/mol. The molecule has 16 heavy (non-hydrogen) atoms. The molecule has 0 unspecified atom stereocenters. The van der Waals surface area contributed by atoms with Gasteiger partial charge in [-0.1, -0.05) is 32.4 Å². The van der Waals surface area contributed by atoms with Crippen molar-refractivity contribution in [3.05, 3.63) is 34.3 Å². The van der Waals surface area contributed by atoms with E-state index in [1.54, 1.807) is 12.1 Å². The molecule has 88 valence electrons. The first-order chi connectivity index (χ1) is 7.29. The standard InChI is InChI=1S/C14H19ClO/c1-10-9-11(5-6-12(10)15)13(16)7-8-14(2,3)4/h5-6,9H,7-8H2,1-4H3. The van der Waals surface area contributed by atoms with Gasteiger partial charge < -0.3 is 0 Å². The molecule has 0 aliphatic rings. The molecule has 1 nitrogen and oxygen atoms in total. The molecule has 0 radical (unpaired) electrons. The van der Waals surface area contributed by atoms with Crippen molar-refractivity contribution in [2.45, 2.75) is 40.5 Å². The summed E-state index contributed by atoms with van der Waals surface area (Å²) in [5, 5.41) is 0.715. The van der Waals surface area contributed by atoms with E-state index in [0.717, 1.165) is 17.5 Å². The van der Waals surface area contributed by atoms with Crippen LogP contribution in [0.3, 0.4) is 0 Å². The topological polar surface area (TPSA) is 17.1 Å².